The fraction of sp³-hybridized carbons (Fsp3) is 0.118. The van der Waals surface area contributed by atoms with Crippen LogP contribution in [-0.4, -0.2) is 12.2 Å². The first-order valence-corrected chi connectivity index (χ1v) is 8.05. The molecule has 1 aliphatic heterocycles. The van der Waals surface area contributed by atoms with Crippen LogP contribution in [0.3, 0.4) is 0 Å². The predicted octanol–water partition coefficient (Wildman–Crippen LogP) is 4.02. The van der Waals surface area contributed by atoms with Crippen molar-refractivity contribution in [2.45, 2.75) is 6.04 Å². The molecule has 5 heteroatoms. The largest absolute Gasteiger partial charge is 0.497 e. The number of halogens is 1. The minimum Gasteiger partial charge on any atom is -0.497 e. The standard InChI is InChI=1S/C17H15BrN2OS/c1-21-14-8-4-12(5-9-14)16-10-15(19-17(22)20-16)11-2-6-13(18)7-3-11/h2-10,16H,1H3,(H2,19,20,22)/t16-/m1/s1. The second-order valence-electron chi connectivity index (χ2n) is 4.94. The van der Waals surface area contributed by atoms with E-state index in [2.05, 4.69) is 44.8 Å². The molecule has 2 aromatic carbocycles. The third-order valence-electron chi connectivity index (χ3n) is 3.50. The molecule has 0 spiro atoms. The molecule has 0 bridgehead atoms. The first kappa shape index (κ1) is 15.1. The molecule has 0 fully saturated rings. The Morgan fingerprint density at radius 2 is 1.73 bits per heavy atom. The van der Waals surface area contributed by atoms with Crippen LogP contribution in [0.4, 0.5) is 0 Å². The average Bonchev–Trinajstić information content (AvgIpc) is 2.55. The van der Waals surface area contributed by atoms with E-state index in [4.69, 9.17) is 17.0 Å². The second kappa shape index (κ2) is 6.50. The Balaban J connectivity index is 1.92. The number of methoxy groups -OCH3 is 1. The Morgan fingerprint density at radius 3 is 2.36 bits per heavy atom. The van der Waals surface area contributed by atoms with E-state index in [1.807, 2.05) is 36.4 Å². The summed E-state index contributed by atoms with van der Waals surface area (Å²) < 4.78 is 6.26. The van der Waals surface area contributed by atoms with Crippen LogP contribution in [0.1, 0.15) is 17.2 Å². The Hall–Kier alpha value is -1.85. The van der Waals surface area contributed by atoms with Gasteiger partial charge in [0.1, 0.15) is 5.75 Å². The van der Waals surface area contributed by atoms with Crippen LogP contribution in [0, 0.1) is 0 Å². The van der Waals surface area contributed by atoms with Gasteiger partial charge in [-0.05, 0) is 53.7 Å². The summed E-state index contributed by atoms with van der Waals surface area (Å²) in [6, 6.07) is 16.2. The van der Waals surface area contributed by atoms with Gasteiger partial charge >= 0.3 is 0 Å². The summed E-state index contributed by atoms with van der Waals surface area (Å²) in [7, 11) is 1.67. The number of ether oxygens (including phenoxy) is 1. The summed E-state index contributed by atoms with van der Waals surface area (Å²) in [5, 5.41) is 7.12. The molecule has 0 aromatic heterocycles. The lowest BCUT2D eigenvalue weighted by molar-refractivity contribution is 0.414. The van der Waals surface area contributed by atoms with Gasteiger partial charge < -0.3 is 15.4 Å². The maximum atomic E-state index is 5.34. The average molecular weight is 375 g/mol. The van der Waals surface area contributed by atoms with Gasteiger partial charge in [0.05, 0.1) is 13.2 Å². The topological polar surface area (TPSA) is 33.3 Å². The second-order valence-corrected chi connectivity index (χ2v) is 6.26. The minimum absolute atomic E-state index is 0.0401. The number of hydrogen-bond acceptors (Lipinski definition) is 2. The van der Waals surface area contributed by atoms with Crippen molar-refractivity contribution >= 4 is 39.0 Å². The number of nitrogens with one attached hydrogen (secondary N) is 2. The molecule has 0 aliphatic carbocycles. The van der Waals surface area contributed by atoms with Gasteiger partial charge in [-0.2, -0.15) is 0 Å². The van der Waals surface area contributed by atoms with Gasteiger partial charge in [-0.15, -0.1) is 0 Å². The lowest BCUT2D eigenvalue weighted by atomic mass is 10.0. The molecule has 1 aliphatic rings. The Bertz CT molecular complexity index is 710. The Morgan fingerprint density at radius 1 is 1.05 bits per heavy atom. The highest BCUT2D eigenvalue weighted by molar-refractivity contribution is 9.10. The van der Waals surface area contributed by atoms with Crippen molar-refractivity contribution < 1.29 is 4.74 Å². The van der Waals surface area contributed by atoms with Crippen LogP contribution in [0.2, 0.25) is 0 Å². The Labute approximate surface area is 143 Å². The molecule has 1 heterocycles. The smallest absolute Gasteiger partial charge is 0.171 e. The van der Waals surface area contributed by atoms with Crippen LogP contribution >= 0.6 is 28.1 Å². The van der Waals surface area contributed by atoms with Crippen molar-refractivity contribution in [1.29, 1.82) is 0 Å². The van der Waals surface area contributed by atoms with Gasteiger partial charge in [-0.1, -0.05) is 40.2 Å². The molecule has 3 rings (SSSR count). The van der Waals surface area contributed by atoms with E-state index in [0.29, 0.717) is 5.11 Å². The highest BCUT2D eigenvalue weighted by Crippen LogP contribution is 2.25. The van der Waals surface area contributed by atoms with Crippen molar-refractivity contribution in [3.63, 3.8) is 0 Å². The van der Waals surface area contributed by atoms with Gasteiger partial charge in [0, 0.05) is 10.2 Å². The van der Waals surface area contributed by atoms with Crippen molar-refractivity contribution in [3.05, 3.63) is 70.2 Å². The van der Waals surface area contributed by atoms with Gasteiger partial charge in [0.15, 0.2) is 5.11 Å². The number of thiocarbonyl (C=S) groups is 1. The maximum absolute atomic E-state index is 5.34. The molecule has 0 saturated heterocycles. The van der Waals surface area contributed by atoms with Crippen LogP contribution in [0.5, 0.6) is 5.75 Å². The van der Waals surface area contributed by atoms with Crippen molar-refractivity contribution in [2.24, 2.45) is 0 Å². The van der Waals surface area contributed by atoms with E-state index in [1.165, 1.54) is 0 Å². The summed E-state index contributed by atoms with van der Waals surface area (Å²) in [6.45, 7) is 0. The first-order chi connectivity index (χ1) is 10.7. The molecular formula is C17H15BrN2OS. The summed E-state index contributed by atoms with van der Waals surface area (Å²) >= 11 is 8.79. The third-order valence-corrected chi connectivity index (χ3v) is 4.25. The zero-order valence-electron chi connectivity index (χ0n) is 12.0. The van der Waals surface area contributed by atoms with E-state index in [1.54, 1.807) is 7.11 Å². The monoisotopic (exact) mass is 374 g/mol. The quantitative estimate of drug-likeness (QED) is 0.795. The fourth-order valence-corrected chi connectivity index (χ4v) is 2.84. The fourth-order valence-electron chi connectivity index (χ4n) is 2.34. The summed E-state index contributed by atoms with van der Waals surface area (Å²) in [5.41, 5.74) is 3.25. The van der Waals surface area contributed by atoms with Gasteiger partial charge in [-0.25, -0.2) is 0 Å². The summed E-state index contributed by atoms with van der Waals surface area (Å²) in [4.78, 5) is 0. The lowest BCUT2D eigenvalue weighted by Crippen LogP contribution is -2.40. The molecule has 112 valence electrons. The van der Waals surface area contributed by atoms with E-state index in [9.17, 15) is 0 Å². The van der Waals surface area contributed by atoms with Crippen molar-refractivity contribution in [1.82, 2.24) is 10.6 Å². The van der Waals surface area contributed by atoms with E-state index < -0.39 is 0 Å². The van der Waals surface area contributed by atoms with Crippen LogP contribution in [-0.2, 0) is 0 Å². The van der Waals surface area contributed by atoms with Gasteiger partial charge in [0.25, 0.3) is 0 Å². The molecule has 0 radical (unpaired) electrons. The molecular weight excluding hydrogens is 360 g/mol. The number of benzene rings is 2. The van der Waals surface area contributed by atoms with Crippen molar-refractivity contribution in [3.8, 4) is 5.75 Å². The molecule has 3 nitrogen and oxygen atoms in total. The highest BCUT2D eigenvalue weighted by Gasteiger charge is 2.18. The predicted molar refractivity (Wildman–Crippen MR) is 96.7 cm³/mol. The minimum atomic E-state index is 0.0401. The normalized spacial score (nSPS) is 17.3. The zero-order chi connectivity index (χ0) is 15.5. The molecule has 22 heavy (non-hydrogen) atoms. The summed E-state index contributed by atoms with van der Waals surface area (Å²) in [6.07, 6.45) is 2.14. The molecule has 0 unspecified atom stereocenters. The van der Waals surface area contributed by atoms with Crippen LogP contribution in [0.15, 0.2) is 59.1 Å². The van der Waals surface area contributed by atoms with Crippen molar-refractivity contribution in [2.75, 3.05) is 7.11 Å². The molecule has 2 N–H and O–H groups in total. The van der Waals surface area contributed by atoms with E-state index in [0.717, 1.165) is 27.0 Å². The van der Waals surface area contributed by atoms with Gasteiger partial charge in [0.2, 0.25) is 0 Å². The first-order valence-electron chi connectivity index (χ1n) is 6.85. The number of rotatable bonds is 3. The van der Waals surface area contributed by atoms with E-state index >= 15 is 0 Å². The molecule has 2 aromatic rings. The van der Waals surface area contributed by atoms with E-state index in [-0.39, 0.29) is 6.04 Å². The zero-order valence-corrected chi connectivity index (χ0v) is 14.4. The molecule has 0 amide bonds. The molecule has 1 atom stereocenters. The Kier molecular flexibility index (Phi) is 4.45. The number of hydrogen-bond donors (Lipinski definition) is 2. The molecule has 0 saturated carbocycles. The summed E-state index contributed by atoms with van der Waals surface area (Å²) in [5.74, 6) is 0.845. The SMILES string of the molecule is COc1ccc([C@H]2C=C(c3ccc(Br)cc3)NC(=S)N2)cc1. The lowest BCUT2D eigenvalue weighted by Gasteiger charge is -2.26. The highest BCUT2D eigenvalue weighted by atomic mass is 79.9. The van der Waals surface area contributed by atoms with Crippen LogP contribution < -0.4 is 15.4 Å². The van der Waals surface area contributed by atoms with Crippen LogP contribution in [0.25, 0.3) is 5.70 Å². The third kappa shape index (κ3) is 3.31. The maximum Gasteiger partial charge on any atom is 0.171 e. The van der Waals surface area contributed by atoms with Gasteiger partial charge in [-0.3, -0.25) is 0 Å².